The molecule has 4 aromatic carbocycles. The molecule has 14 nitrogen and oxygen atoms in total. The number of ether oxygens (including phenoxy) is 3. The number of anilines is 4. The molecule has 352 valence electrons. The molecule has 2 amide bonds. The van der Waals surface area contributed by atoms with Crippen LogP contribution < -0.4 is 29.9 Å². The van der Waals surface area contributed by atoms with Gasteiger partial charge in [-0.1, -0.05) is 72.8 Å². The minimum Gasteiger partial charge on any atom is -0.482 e. The van der Waals surface area contributed by atoms with E-state index in [9.17, 15) is 24.3 Å². The first kappa shape index (κ1) is 48.9. The zero-order valence-corrected chi connectivity index (χ0v) is 39.3. The number of rotatable bonds is 21. The Labute approximate surface area is 404 Å². The number of carboxylic acids is 1. The number of aromatic nitrogens is 2. The molecule has 0 saturated carbocycles. The highest BCUT2D eigenvalue weighted by molar-refractivity contribution is 7.99. The van der Waals surface area contributed by atoms with Gasteiger partial charge in [0.25, 0.3) is 11.8 Å². The van der Waals surface area contributed by atoms with Gasteiger partial charge >= 0.3 is 11.9 Å². The maximum Gasteiger partial charge on any atom is 0.307 e. The van der Waals surface area contributed by atoms with Gasteiger partial charge in [-0.05, 0) is 91.6 Å². The summed E-state index contributed by atoms with van der Waals surface area (Å²) in [4.78, 5) is 62.6. The Bertz CT molecular complexity index is 2580. The first-order valence-electron chi connectivity index (χ1n) is 22.5. The van der Waals surface area contributed by atoms with Crippen LogP contribution in [0.15, 0.2) is 156 Å². The first-order chi connectivity index (χ1) is 33.2. The second-order valence-electron chi connectivity index (χ2n) is 15.6. The lowest BCUT2D eigenvalue weighted by molar-refractivity contribution is -0.143. The molecule has 2 aliphatic heterocycles. The van der Waals surface area contributed by atoms with E-state index in [2.05, 4.69) is 20.6 Å². The van der Waals surface area contributed by atoms with Gasteiger partial charge in [-0.25, -0.2) is 9.97 Å². The number of nitrogens with one attached hydrogen (secondary N) is 2. The summed E-state index contributed by atoms with van der Waals surface area (Å²) in [6, 6.07) is 42.5. The van der Waals surface area contributed by atoms with Crippen molar-refractivity contribution in [1.82, 2.24) is 9.97 Å². The molecule has 4 heterocycles. The van der Waals surface area contributed by atoms with E-state index in [1.807, 2.05) is 140 Å². The lowest BCUT2D eigenvalue weighted by Crippen LogP contribution is -2.39. The Hall–Kier alpha value is -7.04. The van der Waals surface area contributed by atoms with E-state index in [4.69, 9.17) is 14.2 Å². The number of hydrogen-bond acceptors (Lipinski definition) is 13. The van der Waals surface area contributed by atoms with E-state index < -0.39 is 5.97 Å². The van der Waals surface area contributed by atoms with E-state index in [-0.39, 0.29) is 54.3 Å². The summed E-state index contributed by atoms with van der Waals surface area (Å²) >= 11 is 3.07. The molecule has 6 aromatic rings. The van der Waals surface area contributed by atoms with Crippen molar-refractivity contribution in [2.24, 2.45) is 0 Å². The van der Waals surface area contributed by atoms with E-state index in [0.717, 1.165) is 56.8 Å². The third kappa shape index (κ3) is 14.2. The summed E-state index contributed by atoms with van der Waals surface area (Å²) in [5.74, 6) is 1.74. The number of nitrogens with zero attached hydrogens (tertiary/aromatic N) is 4. The molecular formula is C52H54N6O8S2. The molecule has 3 N–H and O–H groups in total. The van der Waals surface area contributed by atoms with Crippen molar-refractivity contribution >= 4 is 70.3 Å². The smallest absolute Gasteiger partial charge is 0.307 e. The molecule has 0 aliphatic carbocycles. The number of aliphatic carboxylic acids is 1. The maximum atomic E-state index is 12.6. The van der Waals surface area contributed by atoms with Crippen LogP contribution in [-0.2, 0) is 23.9 Å². The zero-order valence-electron chi connectivity index (χ0n) is 37.7. The largest absolute Gasteiger partial charge is 0.482 e. The molecule has 0 saturated heterocycles. The topological polar surface area (TPSA) is 173 Å². The number of carbonyl (C=O) groups excluding carboxylic acids is 3. The van der Waals surface area contributed by atoms with Crippen molar-refractivity contribution < 1.29 is 38.5 Å². The van der Waals surface area contributed by atoms with Crippen LogP contribution >= 0.6 is 23.5 Å². The summed E-state index contributed by atoms with van der Waals surface area (Å²) in [5.41, 5.74) is 3.52. The molecule has 2 aliphatic rings. The lowest BCUT2D eigenvalue weighted by Gasteiger charge is -2.30. The summed E-state index contributed by atoms with van der Waals surface area (Å²) in [7, 11) is 0. The number of benzene rings is 4. The molecular weight excluding hydrogens is 901 g/mol. The Morgan fingerprint density at radius 2 is 1.10 bits per heavy atom. The van der Waals surface area contributed by atoms with Gasteiger partial charge in [0, 0.05) is 58.9 Å². The molecule has 0 bridgehead atoms. The van der Waals surface area contributed by atoms with Crippen molar-refractivity contribution in [2.75, 3.05) is 66.4 Å². The fraction of sp³-hybridized carbons (Fsp3) is 0.269. The Kier molecular flexibility index (Phi) is 18.1. The summed E-state index contributed by atoms with van der Waals surface area (Å²) in [6.07, 6.45) is 5.29. The van der Waals surface area contributed by atoms with Gasteiger partial charge in [-0.3, -0.25) is 19.2 Å². The van der Waals surface area contributed by atoms with E-state index in [0.29, 0.717) is 44.3 Å². The maximum absolute atomic E-state index is 12.6. The molecule has 8 rings (SSSR count). The molecule has 0 fully saturated rings. The van der Waals surface area contributed by atoms with Crippen LogP contribution in [0.4, 0.5) is 23.0 Å². The SMILES string of the molecule is CCOC(=O)CC(Sc1ccc2c(c1)OCC(=O)N2CCCNc1ccccn1)c1ccccc1.O=C(O)CC(Sc1ccc2c(c1)OCC(=O)N2CCCNc1ccccn1)c1ccccc1. The fourth-order valence-electron chi connectivity index (χ4n) is 7.50. The second kappa shape index (κ2) is 25.2. The minimum atomic E-state index is -0.846. The van der Waals surface area contributed by atoms with Crippen molar-refractivity contribution in [1.29, 1.82) is 0 Å². The lowest BCUT2D eigenvalue weighted by atomic mass is 10.1. The van der Waals surface area contributed by atoms with Gasteiger partial charge < -0.3 is 39.8 Å². The monoisotopic (exact) mass is 954 g/mol. The van der Waals surface area contributed by atoms with Crippen molar-refractivity contribution in [2.45, 2.75) is 52.9 Å². The Balaban J connectivity index is 0.000000202. The number of fused-ring (bicyclic) bond motifs is 2. The van der Waals surface area contributed by atoms with Crippen LogP contribution in [0.5, 0.6) is 11.5 Å². The van der Waals surface area contributed by atoms with Gasteiger partial charge in [0.05, 0.1) is 30.8 Å². The number of thioether (sulfide) groups is 2. The number of pyridine rings is 2. The number of amides is 2. The quantitative estimate of drug-likeness (QED) is 0.0354. The van der Waals surface area contributed by atoms with Crippen LogP contribution in [0.25, 0.3) is 0 Å². The molecule has 2 atom stereocenters. The highest BCUT2D eigenvalue weighted by Crippen LogP contribution is 2.44. The van der Waals surface area contributed by atoms with E-state index >= 15 is 0 Å². The molecule has 16 heteroatoms. The van der Waals surface area contributed by atoms with Crippen LogP contribution in [0, 0.1) is 0 Å². The Morgan fingerprint density at radius 3 is 1.53 bits per heavy atom. The van der Waals surface area contributed by atoms with Gasteiger partial charge in [0.2, 0.25) is 0 Å². The van der Waals surface area contributed by atoms with Crippen LogP contribution in [-0.4, -0.2) is 84.8 Å². The summed E-state index contributed by atoms with van der Waals surface area (Å²) < 4.78 is 16.7. The highest BCUT2D eigenvalue weighted by Gasteiger charge is 2.28. The number of carbonyl (C=O) groups is 4. The van der Waals surface area contributed by atoms with Crippen LogP contribution in [0.2, 0.25) is 0 Å². The minimum absolute atomic E-state index is 0.00791. The van der Waals surface area contributed by atoms with Crippen molar-refractivity contribution in [3.63, 3.8) is 0 Å². The first-order valence-corrected chi connectivity index (χ1v) is 24.2. The number of carboxylic acid groups (broad SMARTS) is 1. The molecule has 2 unspecified atom stereocenters. The molecule has 2 aromatic heterocycles. The number of hydrogen-bond donors (Lipinski definition) is 3. The molecule has 0 spiro atoms. The van der Waals surface area contributed by atoms with Gasteiger partial charge in [0.1, 0.15) is 23.1 Å². The van der Waals surface area contributed by atoms with E-state index in [1.165, 1.54) is 11.8 Å². The third-order valence-corrected chi connectivity index (χ3v) is 13.2. The number of esters is 1. The van der Waals surface area contributed by atoms with Gasteiger partial charge in [0.15, 0.2) is 13.2 Å². The average molecular weight is 955 g/mol. The predicted molar refractivity (Wildman–Crippen MR) is 267 cm³/mol. The fourth-order valence-corrected chi connectivity index (χ4v) is 9.83. The van der Waals surface area contributed by atoms with Crippen LogP contribution in [0.1, 0.15) is 54.2 Å². The highest BCUT2D eigenvalue weighted by atomic mass is 32.2. The third-order valence-electron chi connectivity index (χ3n) is 10.7. The average Bonchev–Trinajstić information content (AvgIpc) is 3.36. The predicted octanol–water partition coefficient (Wildman–Crippen LogP) is 9.71. The van der Waals surface area contributed by atoms with Gasteiger partial charge in [-0.2, -0.15) is 0 Å². The second-order valence-corrected chi connectivity index (χ2v) is 18.1. The summed E-state index contributed by atoms with van der Waals surface area (Å²) in [5, 5.41) is 15.6. The standard InChI is InChI=1S/C27H29N3O4S.C25H25N3O4S/c1-2-33-27(32)18-24(20-9-4-3-5-10-20)35-21-12-13-22-23(17-21)34-19-26(31)30(22)16-8-15-29-25-11-6-7-14-28-25;29-24-17-32-21-15-19(33-22(16-25(30)31)18-7-2-1-3-8-18)10-11-20(21)28(24)14-6-13-27-23-9-4-5-12-26-23/h3-7,9-14,17,24H,2,8,15-16,18-19H2,1H3,(H,28,29);1-5,7-12,15,22H,6,13-14,16-17H2,(H,26,27)(H,30,31). The van der Waals surface area contributed by atoms with Crippen molar-refractivity contribution in [3.8, 4) is 11.5 Å². The van der Waals surface area contributed by atoms with Crippen molar-refractivity contribution in [3.05, 3.63) is 157 Å². The zero-order chi connectivity index (χ0) is 47.5. The van der Waals surface area contributed by atoms with Crippen LogP contribution in [0.3, 0.4) is 0 Å². The summed E-state index contributed by atoms with van der Waals surface area (Å²) in [6.45, 7) is 4.72. The van der Waals surface area contributed by atoms with E-state index in [1.54, 1.807) is 34.0 Å². The van der Waals surface area contributed by atoms with Gasteiger partial charge in [-0.15, -0.1) is 23.5 Å². The molecule has 68 heavy (non-hydrogen) atoms. The Morgan fingerprint density at radius 1 is 0.647 bits per heavy atom. The molecule has 0 radical (unpaired) electrons. The normalized spacial score (nSPS) is 13.6.